The fraction of sp³-hybridized carbons (Fsp3) is 0.375. The van der Waals surface area contributed by atoms with Crippen LogP contribution in [-0.2, 0) is 19.1 Å². The molecule has 3 rings (SSSR count). The number of carbonyl (C=O) groups excluding carboxylic acids is 3. The van der Waals surface area contributed by atoms with E-state index < -0.39 is 0 Å². The molecular formula is C24H27NO8. The summed E-state index contributed by atoms with van der Waals surface area (Å²) >= 11 is 0. The number of nitrogens with one attached hydrogen (secondary N) is 1. The largest absolute Gasteiger partial charge is 0.507 e. The van der Waals surface area contributed by atoms with Gasteiger partial charge in [0.2, 0.25) is 5.91 Å². The minimum Gasteiger partial charge on any atom is -0.507 e. The summed E-state index contributed by atoms with van der Waals surface area (Å²) in [6, 6.07) is 11.4. The number of aromatic hydroxyl groups is 1. The second-order valence-corrected chi connectivity index (χ2v) is 7.46. The lowest BCUT2D eigenvalue weighted by atomic mass is 10.2. The fourth-order valence-electron chi connectivity index (χ4n) is 2.85. The zero-order valence-electron chi connectivity index (χ0n) is 18.2. The lowest BCUT2D eigenvalue weighted by molar-refractivity contribution is -0.144. The maximum atomic E-state index is 12.2. The van der Waals surface area contributed by atoms with Crippen molar-refractivity contribution in [2.45, 2.75) is 31.8 Å². The predicted octanol–water partition coefficient (Wildman–Crippen LogP) is 3.10. The molecule has 1 atom stereocenters. The van der Waals surface area contributed by atoms with Crippen LogP contribution in [-0.4, -0.2) is 55.8 Å². The number of hydrogen-bond acceptors (Lipinski definition) is 8. The Morgan fingerprint density at radius 1 is 1.06 bits per heavy atom. The Morgan fingerprint density at radius 3 is 2.48 bits per heavy atom. The van der Waals surface area contributed by atoms with Crippen LogP contribution in [0.5, 0.6) is 17.2 Å². The van der Waals surface area contributed by atoms with Crippen LogP contribution in [0.3, 0.4) is 0 Å². The predicted molar refractivity (Wildman–Crippen MR) is 119 cm³/mol. The van der Waals surface area contributed by atoms with Gasteiger partial charge in [-0.3, -0.25) is 14.4 Å². The molecule has 1 heterocycles. The van der Waals surface area contributed by atoms with Gasteiger partial charge in [-0.1, -0.05) is 6.07 Å². The molecule has 33 heavy (non-hydrogen) atoms. The molecule has 1 aliphatic heterocycles. The number of ether oxygens (including phenoxy) is 4. The van der Waals surface area contributed by atoms with Gasteiger partial charge in [0.25, 0.3) is 0 Å². The zero-order valence-corrected chi connectivity index (χ0v) is 18.2. The number of carbonyl (C=O) groups is 3. The Bertz CT molecular complexity index is 957. The maximum absolute atomic E-state index is 12.2. The number of anilines is 1. The molecule has 1 unspecified atom stereocenters. The van der Waals surface area contributed by atoms with Crippen LogP contribution in [0.2, 0.25) is 0 Å². The summed E-state index contributed by atoms with van der Waals surface area (Å²) in [5.74, 6) is 0.431. The van der Waals surface area contributed by atoms with Crippen LogP contribution >= 0.6 is 0 Å². The fourth-order valence-corrected chi connectivity index (χ4v) is 2.85. The van der Waals surface area contributed by atoms with Crippen LogP contribution in [0.25, 0.3) is 0 Å². The first-order valence-electron chi connectivity index (χ1n) is 10.7. The van der Waals surface area contributed by atoms with Crippen molar-refractivity contribution < 1.29 is 38.4 Å². The van der Waals surface area contributed by atoms with Crippen molar-refractivity contribution in [2.75, 3.05) is 31.7 Å². The highest BCUT2D eigenvalue weighted by Crippen LogP contribution is 2.22. The Labute approximate surface area is 191 Å². The SMILES string of the molecule is O=Cc1ccc(OCCCC(=O)Nc2cccc(OCCCC(=O)OCC3CO3)c2)cc1O. The van der Waals surface area contributed by atoms with Crippen LogP contribution in [0, 0.1) is 0 Å². The summed E-state index contributed by atoms with van der Waals surface area (Å²) in [6.45, 7) is 1.60. The number of aldehydes is 1. The van der Waals surface area contributed by atoms with E-state index in [-0.39, 0.29) is 48.7 Å². The lowest BCUT2D eigenvalue weighted by Gasteiger charge is -2.10. The van der Waals surface area contributed by atoms with Crippen molar-refractivity contribution in [3.63, 3.8) is 0 Å². The molecule has 0 saturated carbocycles. The highest BCUT2D eigenvalue weighted by atomic mass is 16.6. The average Bonchev–Trinajstić information content (AvgIpc) is 3.63. The monoisotopic (exact) mass is 457 g/mol. The zero-order chi connectivity index (χ0) is 23.5. The van der Waals surface area contributed by atoms with Gasteiger partial charge in [-0.15, -0.1) is 0 Å². The van der Waals surface area contributed by atoms with Crippen LogP contribution in [0.1, 0.15) is 36.0 Å². The number of rotatable bonds is 14. The third-order valence-corrected chi connectivity index (χ3v) is 4.69. The topological polar surface area (TPSA) is 124 Å². The molecule has 1 saturated heterocycles. The minimum atomic E-state index is -0.270. The summed E-state index contributed by atoms with van der Waals surface area (Å²) in [5.41, 5.74) is 0.798. The third kappa shape index (κ3) is 8.82. The Balaban J connectivity index is 1.30. The van der Waals surface area contributed by atoms with Gasteiger partial charge in [0.1, 0.15) is 30.0 Å². The number of phenols is 1. The van der Waals surface area contributed by atoms with E-state index in [0.29, 0.717) is 56.1 Å². The lowest BCUT2D eigenvalue weighted by Crippen LogP contribution is -2.13. The third-order valence-electron chi connectivity index (χ3n) is 4.69. The first-order chi connectivity index (χ1) is 16.0. The van der Waals surface area contributed by atoms with Crippen molar-refractivity contribution in [2.24, 2.45) is 0 Å². The number of amides is 1. The molecule has 2 aromatic carbocycles. The Kier molecular flexibility index (Phi) is 9.08. The van der Waals surface area contributed by atoms with Crippen molar-refractivity contribution in [3.8, 4) is 17.2 Å². The number of hydrogen-bond donors (Lipinski definition) is 2. The summed E-state index contributed by atoms with van der Waals surface area (Å²) < 4.78 is 21.2. The van der Waals surface area contributed by atoms with Crippen molar-refractivity contribution in [1.29, 1.82) is 0 Å². The average molecular weight is 457 g/mol. The Hall–Kier alpha value is -3.59. The number of esters is 1. The first-order valence-corrected chi connectivity index (χ1v) is 10.7. The van der Waals surface area contributed by atoms with E-state index in [0.717, 1.165) is 0 Å². The molecule has 0 aliphatic carbocycles. The molecular weight excluding hydrogens is 430 g/mol. The molecule has 0 aromatic heterocycles. The van der Waals surface area contributed by atoms with Gasteiger partial charge in [-0.25, -0.2) is 0 Å². The smallest absolute Gasteiger partial charge is 0.306 e. The minimum absolute atomic E-state index is 0.0618. The van der Waals surface area contributed by atoms with Gasteiger partial charge < -0.3 is 29.4 Å². The van der Waals surface area contributed by atoms with E-state index in [1.54, 1.807) is 30.3 Å². The van der Waals surface area contributed by atoms with Gasteiger partial charge in [-0.2, -0.15) is 0 Å². The van der Waals surface area contributed by atoms with E-state index in [9.17, 15) is 19.5 Å². The second kappa shape index (κ2) is 12.4. The van der Waals surface area contributed by atoms with Gasteiger partial charge >= 0.3 is 5.97 Å². The molecule has 1 amide bonds. The highest BCUT2D eigenvalue weighted by molar-refractivity contribution is 5.90. The van der Waals surface area contributed by atoms with Crippen molar-refractivity contribution in [1.82, 2.24) is 0 Å². The normalized spacial score (nSPS) is 14.2. The van der Waals surface area contributed by atoms with E-state index in [1.165, 1.54) is 12.1 Å². The van der Waals surface area contributed by atoms with E-state index >= 15 is 0 Å². The first kappa shape index (κ1) is 24.1. The van der Waals surface area contributed by atoms with E-state index in [1.807, 2.05) is 0 Å². The number of benzene rings is 2. The van der Waals surface area contributed by atoms with Crippen molar-refractivity contribution in [3.05, 3.63) is 48.0 Å². The van der Waals surface area contributed by atoms with Crippen molar-refractivity contribution >= 4 is 23.9 Å². The number of epoxide rings is 1. The molecule has 2 N–H and O–H groups in total. The molecule has 9 nitrogen and oxygen atoms in total. The summed E-state index contributed by atoms with van der Waals surface area (Å²) in [6.07, 6.45) is 2.14. The molecule has 176 valence electrons. The van der Waals surface area contributed by atoms with Crippen LogP contribution in [0.4, 0.5) is 5.69 Å². The van der Waals surface area contributed by atoms with Gasteiger partial charge in [0, 0.05) is 30.7 Å². The van der Waals surface area contributed by atoms with Gasteiger partial charge in [0.05, 0.1) is 25.4 Å². The molecule has 0 bridgehead atoms. The van der Waals surface area contributed by atoms with E-state index in [4.69, 9.17) is 18.9 Å². The molecule has 1 aliphatic rings. The number of phenolic OH excluding ortho intramolecular Hbond substituents is 1. The highest BCUT2D eigenvalue weighted by Gasteiger charge is 2.24. The summed E-state index contributed by atoms with van der Waals surface area (Å²) in [4.78, 5) is 34.5. The Morgan fingerprint density at radius 2 is 1.79 bits per heavy atom. The van der Waals surface area contributed by atoms with Gasteiger partial charge in [0.15, 0.2) is 6.29 Å². The standard InChI is InChI=1S/C24H27NO8/c26-14-17-8-9-20(13-22(17)27)31-10-2-6-23(28)25-18-4-1-5-19(12-18)30-11-3-7-24(29)33-16-21-15-32-21/h1,4-5,8-9,12-14,21,27H,2-3,6-7,10-11,15-16H2,(H,25,28). The van der Waals surface area contributed by atoms with Crippen LogP contribution < -0.4 is 14.8 Å². The molecule has 0 spiro atoms. The summed E-state index contributed by atoms with van der Waals surface area (Å²) in [7, 11) is 0. The molecule has 1 fully saturated rings. The van der Waals surface area contributed by atoms with Gasteiger partial charge in [-0.05, 0) is 37.1 Å². The maximum Gasteiger partial charge on any atom is 0.306 e. The second-order valence-electron chi connectivity index (χ2n) is 7.46. The summed E-state index contributed by atoms with van der Waals surface area (Å²) in [5, 5.41) is 12.5. The molecule has 2 aromatic rings. The molecule has 0 radical (unpaired) electrons. The van der Waals surface area contributed by atoms with Crippen LogP contribution in [0.15, 0.2) is 42.5 Å². The molecule has 9 heteroatoms. The quantitative estimate of drug-likeness (QED) is 0.192. The van der Waals surface area contributed by atoms with E-state index in [2.05, 4.69) is 5.32 Å².